The summed E-state index contributed by atoms with van der Waals surface area (Å²) >= 11 is 0. The number of benzene rings is 3. The lowest BCUT2D eigenvalue weighted by atomic mass is 9.75. The van der Waals surface area contributed by atoms with Gasteiger partial charge in [0.05, 0.1) is 6.61 Å². The van der Waals surface area contributed by atoms with Crippen LogP contribution in [0.4, 0.5) is 0 Å². The number of ether oxygens (including phenoxy) is 3. The first kappa shape index (κ1) is 32.7. The van der Waals surface area contributed by atoms with Gasteiger partial charge in [-0.1, -0.05) is 88.4 Å². The molecule has 42 heavy (non-hydrogen) atoms. The van der Waals surface area contributed by atoms with Crippen LogP contribution in [0.1, 0.15) is 95.4 Å². The molecule has 0 aliphatic heterocycles. The normalized spacial score (nSPS) is 11.6. The van der Waals surface area contributed by atoms with Gasteiger partial charge in [-0.05, 0) is 66.7 Å². The zero-order valence-corrected chi connectivity index (χ0v) is 25.8. The highest BCUT2D eigenvalue weighted by Gasteiger charge is 2.31. The number of rotatable bonds is 16. The van der Waals surface area contributed by atoms with Crippen molar-refractivity contribution in [1.82, 2.24) is 0 Å². The van der Waals surface area contributed by atoms with E-state index in [-0.39, 0.29) is 41.7 Å². The molecule has 0 bridgehead atoms. The Morgan fingerprint density at radius 3 is 1.60 bits per heavy atom. The average Bonchev–Trinajstić information content (AvgIpc) is 2.96. The van der Waals surface area contributed by atoms with Gasteiger partial charge in [0.1, 0.15) is 24.7 Å². The van der Waals surface area contributed by atoms with E-state index in [0.29, 0.717) is 38.7 Å². The third-order valence-electron chi connectivity index (χ3n) is 7.71. The van der Waals surface area contributed by atoms with Crippen LogP contribution in [-0.2, 0) is 43.1 Å². The molecule has 1 N–H and O–H groups in total. The smallest absolute Gasteiger partial charge is 0.306 e. The number of hydrogen-bond donors (Lipinski definition) is 1. The Hall–Kier alpha value is -3.80. The molecular formula is C36H46O6. The minimum atomic E-state index is -0.388. The Morgan fingerprint density at radius 1 is 0.690 bits per heavy atom. The molecule has 6 nitrogen and oxygen atoms in total. The quantitative estimate of drug-likeness (QED) is 0.174. The van der Waals surface area contributed by atoms with E-state index >= 15 is 0 Å². The summed E-state index contributed by atoms with van der Waals surface area (Å²) in [5.74, 6) is 0.497. The molecule has 0 fully saturated rings. The van der Waals surface area contributed by atoms with E-state index < -0.39 is 0 Å². The lowest BCUT2D eigenvalue weighted by molar-refractivity contribution is -0.146. The molecule has 0 unspecified atom stereocenters. The molecule has 226 valence electrons. The van der Waals surface area contributed by atoms with Gasteiger partial charge in [0.15, 0.2) is 0 Å². The first-order valence-electron chi connectivity index (χ1n) is 14.9. The number of carbonyl (C=O) groups is 2. The van der Waals surface area contributed by atoms with E-state index in [1.54, 1.807) is 0 Å². The highest BCUT2D eigenvalue weighted by Crippen LogP contribution is 2.44. The molecule has 3 aromatic carbocycles. The van der Waals surface area contributed by atoms with Crippen molar-refractivity contribution in [2.45, 2.75) is 97.2 Å². The summed E-state index contributed by atoms with van der Waals surface area (Å²) in [6, 6.07) is 23.0. The molecule has 0 saturated heterocycles. The number of hydrogen-bond acceptors (Lipinski definition) is 6. The van der Waals surface area contributed by atoms with E-state index in [9.17, 15) is 14.7 Å². The summed E-state index contributed by atoms with van der Waals surface area (Å²) in [5.41, 5.74) is 2.89. The van der Waals surface area contributed by atoms with Crippen molar-refractivity contribution < 1.29 is 28.9 Å². The molecule has 0 atom stereocenters. The van der Waals surface area contributed by atoms with E-state index in [0.717, 1.165) is 34.4 Å². The van der Waals surface area contributed by atoms with Crippen molar-refractivity contribution in [2.75, 3.05) is 6.61 Å². The molecule has 3 rings (SSSR count). The Morgan fingerprint density at radius 2 is 1.14 bits per heavy atom. The summed E-state index contributed by atoms with van der Waals surface area (Å²) in [6.07, 6.45) is 3.35. The summed E-state index contributed by atoms with van der Waals surface area (Å²) in [7, 11) is 0. The van der Waals surface area contributed by atoms with Crippen molar-refractivity contribution >= 4 is 11.9 Å². The monoisotopic (exact) mass is 574 g/mol. The van der Waals surface area contributed by atoms with Crippen LogP contribution in [0.5, 0.6) is 11.5 Å². The fourth-order valence-corrected chi connectivity index (χ4v) is 5.15. The van der Waals surface area contributed by atoms with Gasteiger partial charge in [-0.2, -0.15) is 0 Å². The average molecular weight is 575 g/mol. The second kappa shape index (κ2) is 15.4. The Balaban J connectivity index is 1.58. The van der Waals surface area contributed by atoms with Gasteiger partial charge in [0.25, 0.3) is 0 Å². The molecule has 0 heterocycles. The van der Waals surface area contributed by atoms with Crippen LogP contribution in [0.15, 0.2) is 72.8 Å². The highest BCUT2D eigenvalue weighted by molar-refractivity contribution is 5.69. The summed E-state index contributed by atoms with van der Waals surface area (Å²) in [4.78, 5) is 24.6. The fourth-order valence-electron chi connectivity index (χ4n) is 5.15. The Labute approximate surface area is 251 Å². The molecule has 0 aliphatic carbocycles. The topological polar surface area (TPSA) is 82.1 Å². The zero-order chi connectivity index (χ0) is 30.6. The first-order chi connectivity index (χ1) is 20.0. The minimum Gasteiger partial charge on any atom is -0.508 e. The molecule has 3 aromatic rings. The maximum atomic E-state index is 12.3. The first-order valence-corrected chi connectivity index (χ1v) is 14.9. The Bertz CT molecular complexity index is 1280. The van der Waals surface area contributed by atoms with E-state index in [2.05, 4.69) is 27.7 Å². The van der Waals surface area contributed by atoms with Gasteiger partial charge in [0, 0.05) is 24.0 Å². The number of aromatic hydroxyl groups is 1. The van der Waals surface area contributed by atoms with Crippen molar-refractivity contribution in [2.24, 2.45) is 0 Å². The molecule has 0 aliphatic rings. The van der Waals surface area contributed by atoms with Crippen LogP contribution in [0, 0.1) is 0 Å². The number of esters is 2. The summed E-state index contributed by atoms with van der Waals surface area (Å²) in [5, 5.41) is 11.2. The zero-order valence-electron chi connectivity index (χ0n) is 25.8. The van der Waals surface area contributed by atoms with Crippen LogP contribution in [0.3, 0.4) is 0 Å². The molecule has 0 aromatic heterocycles. The predicted octanol–water partition coefficient (Wildman–Crippen LogP) is 8.17. The molecule has 0 saturated carbocycles. The van der Waals surface area contributed by atoms with Crippen molar-refractivity contribution in [3.63, 3.8) is 0 Å². The predicted molar refractivity (Wildman–Crippen MR) is 166 cm³/mol. The minimum absolute atomic E-state index is 0.209. The van der Waals surface area contributed by atoms with Crippen molar-refractivity contribution in [3.05, 3.63) is 95.1 Å². The van der Waals surface area contributed by atoms with Gasteiger partial charge in [0.2, 0.25) is 0 Å². The van der Waals surface area contributed by atoms with Gasteiger partial charge >= 0.3 is 11.9 Å². The van der Waals surface area contributed by atoms with Crippen molar-refractivity contribution in [3.8, 4) is 11.5 Å². The second-order valence-electron chi connectivity index (χ2n) is 12.1. The van der Waals surface area contributed by atoms with E-state index in [1.165, 1.54) is 0 Å². The van der Waals surface area contributed by atoms with Gasteiger partial charge in [-0.25, -0.2) is 0 Å². The highest BCUT2D eigenvalue weighted by atomic mass is 16.5. The molecule has 0 radical (unpaired) electrons. The van der Waals surface area contributed by atoms with Gasteiger partial charge in [-0.3, -0.25) is 9.59 Å². The number of phenols is 1. The summed E-state index contributed by atoms with van der Waals surface area (Å²) in [6.45, 7) is 11.3. The SMILES string of the molecule is CCOc1cc(C(C)(C)CCCC(=O)OCc2ccccc2)c(O)cc1C(C)(C)CCCC(=O)OCc1ccccc1. The maximum absolute atomic E-state index is 12.3. The Kier molecular flexibility index (Phi) is 12.0. The molecular weight excluding hydrogens is 528 g/mol. The lowest BCUT2D eigenvalue weighted by Gasteiger charge is -2.31. The fraction of sp³-hybridized carbons (Fsp3) is 0.444. The van der Waals surface area contributed by atoms with Gasteiger partial charge < -0.3 is 19.3 Å². The van der Waals surface area contributed by atoms with Crippen LogP contribution in [0.25, 0.3) is 0 Å². The lowest BCUT2D eigenvalue weighted by Crippen LogP contribution is -2.22. The molecule has 0 amide bonds. The van der Waals surface area contributed by atoms with Crippen LogP contribution in [0.2, 0.25) is 0 Å². The standard InChI is InChI=1S/C36H46O6/c1-6-40-32-24-29(35(2,3)21-13-19-33(38)41-25-27-15-9-7-10-16-27)31(37)23-30(32)36(4,5)22-14-20-34(39)42-26-28-17-11-8-12-18-28/h7-12,15-18,23-24,37H,6,13-14,19-22,25-26H2,1-5H3. The van der Waals surface area contributed by atoms with Crippen LogP contribution < -0.4 is 4.74 Å². The third-order valence-corrected chi connectivity index (χ3v) is 7.71. The van der Waals surface area contributed by atoms with Gasteiger partial charge in [-0.15, -0.1) is 0 Å². The van der Waals surface area contributed by atoms with Crippen LogP contribution >= 0.6 is 0 Å². The number of carbonyl (C=O) groups excluding carboxylic acids is 2. The van der Waals surface area contributed by atoms with Crippen molar-refractivity contribution in [1.29, 1.82) is 0 Å². The third kappa shape index (κ3) is 9.93. The maximum Gasteiger partial charge on any atom is 0.306 e. The number of phenolic OH excluding ortho intramolecular Hbond substituents is 1. The second-order valence-corrected chi connectivity index (χ2v) is 12.1. The molecule has 0 spiro atoms. The summed E-state index contributed by atoms with van der Waals surface area (Å²) < 4.78 is 16.9. The molecule has 6 heteroatoms. The largest absolute Gasteiger partial charge is 0.508 e. The van der Waals surface area contributed by atoms with E-state index in [1.807, 2.05) is 79.7 Å². The van der Waals surface area contributed by atoms with Crippen LogP contribution in [-0.4, -0.2) is 23.7 Å². The van der Waals surface area contributed by atoms with E-state index in [4.69, 9.17) is 14.2 Å².